The van der Waals surface area contributed by atoms with Gasteiger partial charge in [0.2, 0.25) is 5.91 Å². The fourth-order valence-electron chi connectivity index (χ4n) is 4.38. The monoisotopic (exact) mass is 436 g/mol. The third-order valence-electron chi connectivity index (χ3n) is 5.79. The van der Waals surface area contributed by atoms with Crippen LogP contribution in [0.2, 0.25) is 0 Å². The van der Waals surface area contributed by atoms with E-state index in [1.807, 2.05) is 18.5 Å². The number of piperazine rings is 1. The number of nitrogens with one attached hydrogen (secondary N) is 1. The molecule has 0 aliphatic carbocycles. The van der Waals surface area contributed by atoms with Gasteiger partial charge in [-0.1, -0.05) is 5.16 Å². The van der Waals surface area contributed by atoms with E-state index in [-0.39, 0.29) is 23.5 Å². The molecule has 1 atom stereocenters. The molecule has 2 aromatic heterocycles. The molecule has 0 bridgehead atoms. The Labute approximate surface area is 176 Å². The van der Waals surface area contributed by atoms with Crippen LogP contribution in [-0.4, -0.2) is 78.4 Å². The molecule has 2 aromatic rings. The summed E-state index contributed by atoms with van der Waals surface area (Å²) < 4.78 is 30.6. The number of anilines is 2. The number of amides is 1. The normalized spacial score (nSPS) is 21.8. The predicted octanol–water partition coefficient (Wildman–Crippen LogP) is 0.917. The summed E-state index contributed by atoms with van der Waals surface area (Å²) in [6.45, 7) is 9.15. The molecule has 2 aliphatic heterocycles. The van der Waals surface area contributed by atoms with Gasteiger partial charge in [-0.3, -0.25) is 14.4 Å². The minimum absolute atomic E-state index is 0.0763. The summed E-state index contributed by atoms with van der Waals surface area (Å²) in [5.74, 6) is 1.38. The summed E-state index contributed by atoms with van der Waals surface area (Å²) in [6, 6.07) is 1.61. The zero-order valence-corrected chi connectivity index (χ0v) is 18.4. The summed E-state index contributed by atoms with van der Waals surface area (Å²) in [5, 5.41) is 11.2. The van der Waals surface area contributed by atoms with Gasteiger partial charge < -0.3 is 14.7 Å². The molecule has 0 saturated carbocycles. The maximum Gasteiger partial charge on any atom is 0.239 e. The molecular weight excluding hydrogens is 408 g/mol. The zero-order valence-electron chi connectivity index (χ0n) is 17.6. The number of aromatic nitrogens is 3. The van der Waals surface area contributed by atoms with Crippen LogP contribution in [0.15, 0.2) is 10.6 Å². The van der Waals surface area contributed by atoms with Crippen LogP contribution in [0.3, 0.4) is 0 Å². The molecule has 2 fully saturated rings. The molecule has 0 spiro atoms. The number of rotatable bonds is 5. The lowest BCUT2D eigenvalue weighted by Crippen LogP contribution is -2.49. The van der Waals surface area contributed by atoms with E-state index in [4.69, 9.17) is 4.52 Å². The van der Waals surface area contributed by atoms with Crippen LogP contribution in [0.5, 0.6) is 0 Å². The van der Waals surface area contributed by atoms with Crippen LogP contribution in [0, 0.1) is 20.8 Å². The Hall–Kier alpha value is -2.40. The maximum absolute atomic E-state index is 12.2. The van der Waals surface area contributed by atoms with Crippen molar-refractivity contribution in [1.29, 1.82) is 0 Å². The van der Waals surface area contributed by atoms with E-state index in [0.29, 0.717) is 24.5 Å². The van der Waals surface area contributed by atoms with Gasteiger partial charge in [-0.2, -0.15) is 5.10 Å². The van der Waals surface area contributed by atoms with E-state index >= 15 is 0 Å². The molecular formula is C19H28N6O4S. The SMILES string of the molecule is Cc1cc(NC(=O)CN2CCN(c3c(C)nn(C4CCS(=O)(=O)C4)c3C)CC2)no1. The van der Waals surface area contributed by atoms with Gasteiger partial charge in [-0.25, -0.2) is 8.42 Å². The van der Waals surface area contributed by atoms with Crippen molar-refractivity contribution in [2.45, 2.75) is 33.2 Å². The van der Waals surface area contributed by atoms with Gasteiger partial charge in [0.15, 0.2) is 15.7 Å². The lowest BCUT2D eigenvalue weighted by atomic mass is 10.2. The number of nitrogens with zero attached hydrogens (tertiary/aromatic N) is 5. The van der Waals surface area contributed by atoms with Crippen molar-refractivity contribution in [3.8, 4) is 0 Å². The second-order valence-corrected chi connectivity index (χ2v) is 10.4. The smallest absolute Gasteiger partial charge is 0.239 e. The van der Waals surface area contributed by atoms with Gasteiger partial charge in [0.1, 0.15) is 5.76 Å². The Balaban J connectivity index is 1.35. The lowest BCUT2D eigenvalue weighted by Gasteiger charge is -2.35. The van der Waals surface area contributed by atoms with Crippen molar-refractivity contribution in [1.82, 2.24) is 19.8 Å². The highest BCUT2D eigenvalue weighted by atomic mass is 32.2. The van der Waals surface area contributed by atoms with Crippen molar-refractivity contribution in [2.75, 3.05) is 54.4 Å². The summed E-state index contributed by atoms with van der Waals surface area (Å²) in [4.78, 5) is 16.6. The molecule has 11 heteroatoms. The van der Waals surface area contributed by atoms with Gasteiger partial charge in [0.05, 0.1) is 41.2 Å². The highest BCUT2D eigenvalue weighted by molar-refractivity contribution is 7.91. The molecule has 164 valence electrons. The Morgan fingerprint density at radius 2 is 1.97 bits per heavy atom. The summed E-state index contributed by atoms with van der Waals surface area (Å²) in [7, 11) is -2.96. The van der Waals surface area contributed by atoms with Crippen molar-refractivity contribution in [2.24, 2.45) is 0 Å². The molecule has 1 unspecified atom stereocenters. The van der Waals surface area contributed by atoms with Crippen LogP contribution in [0.25, 0.3) is 0 Å². The molecule has 10 nitrogen and oxygen atoms in total. The van der Waals surface area contributed by atoms with Gasteiger partial charge >= 0.3 is 0 Å². The molecule has 0 aromatic carbocycles. The lowest BCUT2D eigenvalue weighted by molar-refractivity contribution is -0.117. The fourth-order valence-corrected chi connectivity index (χ4v) is 6.07. The van der Waals surface area contributed by atoms with E-state index in [1.165, 1.54) is 0 Å². The quantitative estimate of drug-likeness (QED) is 0.736. The van der Waals surface area contributed by atoms with E-state index in [0.717, 1.165) is 43.3 Å². The van der Waals surface area contributed by atoms with E-state index in [9.17, 15) is 13.2 Å². The molecule has 4 rings (SSSR count). The third kappa shape index (κ3) is 4.36. The van der Waals surface area contributed by atoms with E-state index in [2.05, 4.69) is 25.4 Å². The first-order chi connectivity index (χ1) is 14.2. The predicted molar refractivity (Wildman–Crippen MR) is 113 cm³/mol. The number of aryl methyl sites for hydroxylation is 2. The summed E-state index contributed by atoms with van der Waals surface area (Å²) in [5.41, 5.74) is 3.02. The molecule has 30 heavy (non-hydrogen) atoms. The average Bonchev–Trinajstić information content (AvgIpc) is 3.33. The van der Waals surface area contributed by atoms with Crippen LogP contribution in [-0.2, 0) is 14.6 Å². The zero-order chi connectivity index (χ0) is 21.5. The summed E-state index contributed by atoms with van der Waals surface area (Å²) in [6.07, 6.45) is 0.623. The van der Waals surface area contributed by atoms with Crippen molar-refractivity contribution in [3.05, 3.63) is 23.2 Å². The Morgan fingerprint density at radius 1 is 1.23 bits per heavy atom. The molecule has 1 N–H and O–H groups in total. The van der Waals surface area contributed by atoms with E-state index < -0.39 is 9.84 Å². The number of carbonyl (C=O) groups excluding carboxylic acids is 1. The van der Waals surface area contributed by atoms with Crippen molar-refractivity contribution < 1.29 is 17.7 Å². The van der Waals surface area contributed by atoms with Gasteiger partial charge in [-0.05, 0) is 27.2 Å². The Bertz CT molecular complexity index is 1040. The molecule has 0 radical (unpaired) electrons. The van der Waals surface area contributed by atoms with Crippen LogP contribution < -0.4 is 10.2 Å². The van der Waals surface area contributed by atoms with Crippen molar-refractivity contribution >= 4 is 27.2 Å². The number of hydrogen-bond acceptors (Lipinski definition) is 8. The minimum atomic E-state index is -2.96. The summed E-state index contributed by atoms with van der Waals surface area (Å²) >= 11 is 0. The highest BCUT2D eigenvalue weighted by Crippen LogP contribution is 2.31. The van der Waals surface area contributed by atoms with Gasteiger partial charge in [0, 0.05) is 32.2 Å². The fraction of sp³-hybridized carbons (Fsp3) is 0.632. The maximum atomic E-state index is 12.2. The Kier molecular flexibility index (Phi) is 5.58. The largest absolute Gasteiger partial charge is 0.366 e. The van der Waals surface area contributed by atoms with Gasteiger partial charge in [0.25, 0.3) is 0 Å². The first kappa shape index (κ1) is 20.9. The standard InChI is InChI=1S/C19H28N6O4S/c1-13-10-17(22-29-13)20-18(26)11-23-5-7-24(8-6-23)19-14(2)21-25(15(19)3)16-4-9-30(27,28)12-16/h10,16H,4-9,11-12H2,1-3H3,(H,20,22,26). The van der Waals surface area contributed by atoms with Crippen LogP contribution in [0.1, 0.15) is 29.6 Å². The molecule has 2 aliphatic rings. The number of hydrogen-bond donors (Lipinski definition) is 1. The number of carbonyl (C=O) groups is 1. The van der Waals surface area contributed by atoms with E-state index in [1.54, 1.807) is 13.0 Å². The second kappa shape index (κ2) is 8.03. The Morgan fingerprint density at radius 3 is 2.57 bits per heavy atom. The topological polar surface area (TPSA) is 114 Å². The average molecular weight is 437 g/mol. The number of sulfone groups is 1. The van der Waals surface area contributed by atoms with Crippen LogP contribution in [0.4, 0.5) is 11.5 Å². The molecule has 1 amide bonds. The molecule has 4 heterocycles. The third-order valence-corrected chi connectivity index (χ3v) is 7.54. The van der Waals surface area contributed by atoms with Gasteiger partial charge in [-0.15, -0.1) is 0 Å². The molecule has 2 saturated heterocycles. The van der Waals surface area contributed by atoms with Crippen molar-refractivity contribution in [3.63, 3.8) is 0 Å². The first-order valence-corrected chi connectivity index (χ1v) is 12.0. The highest BCUT2D eigenvalue weighted by Gasteiger charge is 2.32. The second-order valence-electron chi connectivity index (χ2n) is 8.16. The first-order valence-electron chi connectivity index (χ1n) is 10.2. The van der Waals surface area contributed by atoms with Crippen LogP contribution >= 0.6 is 0 Å². The minimum Gasteiger partial charge on any atom is -0.366 e.